The second kappa shape index (κ2) is 11.8. The molecule has 0 fully saturated rings. The Hall–Kier alpha value is -3.39. The maximum atomic E-state index is 12.1. The molecule has 0 saturated carbocycles. The third-order valence-corrected chi connectivity index (χ3v) is 6.22. The Morgan fingerprint density at radius 3 is 2.49 bits per heavy atom. The number of aromatic nitrogens is 2. The number of ether oxygens (including phenoxy) is 1. The highest BCUT2D eigenvalue weighted by molar-refractivity contribution is 6.30. The number of carboxylic acids is 1. The SMILES string of the molecule is CCCCc1nc(CO)c(Cl)n1Cc1ccc(OC(C(=O)O)c2cccc3ccccc23)cc1.O. The van der Waals surface area contributed by atoms with Crippen molar-refractivity contribution in [1.82, 2.24) is 9.55 Å². The monoisotopic (exact) mass is 496 g/mol. The molecule has 35 heavy (non-hydrogen) atoms. The Balaban J connectivity index is 0.00000342. The molecule has 0 bridgehead atoms. The van der Waals surface area contributed by atoms with E-state index in [-0.39, 0.29) is 12.1 Å². The molecule has 0 aliphatic carbocycles. The summed E-state index contributed by atoms with van der Waals surface area (Å²) in [5.41, 5.74) is 2.05. The molecule has 3 aromatic carbocycles. The van der Waals surface area contributed by atoms with Crippen LogP contribution in [0.4, 0.5) is 0 Å². The first-order valence-corrected chi connectivity index (χ1v) is 11.7. The first-order valence-electron chi connectivity index (χ1n) is 11.3. The molecule has 4 aromatic rings. The summed E-state index contributed by atoms with van der Waals surface area (Å²) >= 11 is 6.46. The second-order valence-electron chi connectivity index (χ2n) is 8.16. The predicted octanol–water partition coefficient (Wildman–Crippen LogP) is 4.95. The molecule has 0 radical (unpaired) electrons. The lowest BCUT2D eigenvalue weighted by Gasteiger charge is -2.18. The number of rotatable bonds is 10. The number of halogens is 1. The molecule has 1 heterocycles. The van der Waals surface area contributed by atoms with Crippen LogP contribution in [0.1, 0.15) is 48.5 Å². The van der Waals surface area contributed by atoms with Gasteiger partial charge < -0.3 is 25.0 Å². The topological polar surface area (TPSA) is 116 Å². The highest BCUT2D eigenvalue weighted by Crippen LogP contribution is 2.29. The average Bonchev–Trinajstić information content (AvgIpc) is 3.16. The molecule has 4 N–H and O–H groups in total. The molecule has 0 amide bonds. The highest BCUT2D eigenvalue weighted by Gasteiger charge is 2.24. The smallest absolute Gasteiger partial charge is 0.349 e. The number of aryl methyl sites for hydroxylation is 1. The number of aliphatic hydroxyl groups is 1. The van der Waals surface area contributed by atoms with Crippen LogP contribution in [0.15, 0.2) is 66.7 Å². The summed E-state index contributed by atoms with van der Waals surface area (Å²) in [4.78, 5) is 16.6. The number of fused-ring (bicyclic) bond motifs is 1. The Bertz CT molecular complexity index is 1280. The lowest BCUT2D eigenvalue weighted by atomic mass is 10.0. The Labute approximate surface area is 208 Å². The lowest BCUT2D eigenvalue weighted by molar-refractivity contribution is -0.145. The molecule has 0 aliphatic rings. The van der Waals surface area contributed by atoms with Gasteiger partial charge in [0.15, 0.2) is 0 Å². The van der Waals surface area contributed by atoms with Crippen molar-refractivity contribution >= 4 is 28.3 Å². The number of aliphatic hydroxyl groups excluding tert-OH is 1. The summed E-state index contributed by atoms with van der Waals surface area (Å²) in [5.74, 6) is 0.254. The van der Waals surface area contributed by atoms with Crippen LogP contribution >= 0.6 is 11.6 Å². The van der Waals surface area contributed by atoms with Crippen LogP contribution in [-0.4, -0.2) is 31.2 Å². The molecule has 184 valence electrons. The lowest BCUT2D eigenvalue weighted by Crippen LogP contribution is -2.18. The fourth-order valence-electron chi connectivity index (χ4n) is 4.04. The number of hydrogen-bond acceptors (Lipinski definition) is 4. The van der Waals surface area contributed by atoms with E-state index in [0.29, 0.717) is 28.7 Å². The van der Waals surface area contributed by atoms with Crippen LogP contribution in [-0.2, 0) is 24.4 Å². The van der Waals surface area contributed by atoms with Gasteiger partial charge in [-0.15, -0.1) is 0 Å². The Morgan fingerprint density at radius 1 is 1.09 bits per heavy atom. The van der Waals surface area contributed by atoms with Gasteiger partial charge in [0, 0.05) is 12.0 Å². The molecule has 1 unspecified atom stereocenters. The molecule has 1 atom stereocenters. The van der Waals surface area contributed by atoms with Gasteiger partial charge in [0.2, 0.25) is 6.10 Å². The third kappa shape index (κ3) is 5.82. The number of unbranched alkanes of at least 4 members (excludes halogenated alkanes) is 1. The van der Waals surface area contributed by atoms with Gasteiger partial charge in [-0.3, -0.25) is 0 Å². The highest BCUT2D eigenvalue weighted by atomic mass is 35.5. The van der Waals surface area contributed by atoms with Gasteiger partial charge in [0.05, 0.1) is 13.2 Å². The van der Waals surface area contributed by atoms with E-state index >= 15 is 0 Å². The zero-order chi connectivity index (χ0) is 24.1. The Kier molecular flexibility index (Phi) is 8.87. The van der Waals surface area contributed by atoms with Crippen molar-refractivity contribution in [2.45, 2.75) is 45.4 Å². The first-order chi connectivity index (χ1) is 16.5. The van der Waals surface area contributed by atoms with E-state index in [1.165, 1.54) is 0 Å². The summed E-state index contributed by atoms with van der Waals surface area (Å²) in [5, 5.41) is 21.7. The van der Waals surface area contributed by atoms with Crippen molar-refractivity contribution < 1.29 is 25.2 Å². The van der Waals surface area contributed by atoms with Gasteiger partial charge in [0.1, 0.15) is 22.4 Å². The van der Waals surface area contributed by atoms with E-state index in [1.807, 2.05) is 53.1 Å². The molecule has 0 aliphatic heterocycles. The molecular formula is C27H29ClN2O5. The zero-order valence-corrected chi connectivity index (χ0v) is 20.2. The van der Waals surface area contributed by atoms with Crippen molar-refractivity contribution in [2.24, 2.45) is 0 Å². The fourth-order valence-corrected chi connectivity index (χ4v) is 4.30. The molecule has 4 rings (SSSR count). The molecule has 7 nitrogen and oxygen atoms in total. The standard InChI is InChI=1S/C27H27ClN2O4.H2O/c1-2-3-11-24-29-23(17-31)26(28)30(24)16-18-12-14-20(15-13-18)34-25(27(32)33)22-10-6-8-19-7-4-5-9-21(19)22;/h4-10,12-15,25,31H,2-3,11,16-17H2,1H3,(H,32,33);1H2. The van der Waals surface area contributed by atoms with Crippen LogP contribution in [0.25, 0.3) is 10.8 Å². The molecule has 1 aromatic heterocycles. The largest absolute Gasteiger partial charge is 0.478 e. The quantitative estimate of drug-likeness (QED) is 0.322. The number of benzene rings is 3. The summed E-state index contributed by atoms with van der Waals surface area (Å²) in [7, 11) is 0. The minimum absolute atomic E-state index is 0. The van der Waals surface area contributed by atoms with E-state index in [9.17, 15) is 15.0 Å². The predicted molar refractivity (Wildman–Crippen MR) is 136 cm³/mol. The van der Waals surface area contributed by atoms with Crippen LogP contribution in [0.2, 0.25) is 5.15 Å². The van der Waals surface area contributed by atoms with E-state index in [0.717, 1.165) is 41.4 Å². The maximum absolute atomic E-state index is 12.1. The summed E-state index contributed by atoms with van der Waals surface area (Å²) in [6, 6.07) is 20.5. The third-order valence-electron chi connectivity index (χ3n) is 5.80. The molecule has 0 spiro atoms. The van der Waals surface area contributed by atoms with Crippen LogP contribution < -0.4 is 4.74 Å². The summed E-state index contributed by atoms with van der Waals surface area (Å²) in [6.45, 7) is 2.41. The van der Waals surface area contributed by atoms with Gasteiger partial charge in [-0.05, 0) is 34.9 Å². The fraction of sp³-hybridized carbons (Fsp3) is 0.259. The minimum Gasteiger partial charge on any atom is -0.478 e. The Morgan fingerprint density at radius 2 is 1.80 bits per heavy atom. The van der Waals surface area contributed by atoms with E-state index in [1.54, 1.807) is 18.2 Å². The average molecular weight is 497 g/mol. The van der Waals surface area contributed by atoms with Crippen LogP contribution in [0.5, 0.6) is 5.75 Å². The second-order valence-corrected chi connectivity index (χ2v) is 8.52. The van der Waals surface area contributed by atoms with E-state index < -0.39 is 12.1 Å². The van der Waals surface area contributed by atoms with Crippen LogP contribution in [0, 0.1) is 0 Å². The molecule has 0 saturated heterocycles. The van der Waals surface area contributed by atoms with Crippen LogP contribution in [0.3, 0.4) is 0 Å². The van der Waals surface area contributed by atoms with E-state index in [4.69, 9.17) is 16.3 Å². The molecular weight excluding hydrogens is 468 g/mol. The van der Waals surface area contributed by atoms with Gasteiger partial charge >= 0.3 is 5.97 Å². The van der Waals surface area contributed by atoms with Crippen molar-refractivity contribution in [2.75, 3.05) is 0 Å². The minimum atomic E-state index is -1.13. The maximum Gasteiger partial charge on any atom is 0.349 e. The number of carboxylic acid groups (broad SMARTS) is 1. The van der Waals surface area contributed by atoms with Crippen molar-refractivity contribution in [3.8, 4) is 5.75 Å². The molecule has 8 heteroatoms. The van der Waals surface area contributed by atoms with Crippen molar-refractivity contribution in [3.05, 3.63) is 94.5 Å². The van der Waals surface area contributed by atoms with Gasteiger partial charge in [0.25, 0.3) is 0 Å². The number of aliphatic carboxylic acids is 1. The van der Waals surface area contributed by atoms with Crippen molar-refractivity contribution in [3.63, 3.8) is 0 Å². The van der Waals surface area contributed by atoms with Gasteiger partial charge in [-0.25, -0.2) is 9.78 Å². The van der Waals surface area contributed by atoms with E-state index in [2.05, 4.69) is 11.9 Å². The summed E-state index contributed by atoms with van der Waals surface area (Å²) in [6.07, 6.45) is 1.66. The number of carbonyl (C=O) groups is 1. The number of hydrogen-bond donors (Lipinski definition) is 2. The number of nitrogens with zero attached hydrogens (tertiary/aromatic N) is 2. The number of imidazole rings is 1. The normalized spacial score (nSPS) is 11.7. The van der Waals surface area contributed by atoms with Gasteiger partial charge in [-0.2, -0.15) is 0 Å². The first kappa shape index (κ1) is 26.2. The zero-order valence-electron chi connectivity index (χ0n) is 19.4. The van der Waals surface area contributed by atoms with Gasteiger partial charge in [-0.1, -0.05) is 79.5 Å². The van der Waals surface area contributed by atoms with Crippen molar-refractivity contribution in [1.29, 1.82) is 0 Å². The summed E-state index contributed by atoms with van der Waals surface area (Å²) < 4.78 is 7.83.